The van der Waals surface area contributed by atoms with E-state index < -0.39 is 45.1 Å². The van der Waals surface area contributed by atoms with Crippen LogP contribution in [0.1, 0.15) is 177 Å². The molecular formula is C66H82N2O12S2. The zero-order valence-corrected chi connectivity index (χ0v) is 51.7. The predicted octanol–water partition coefficient (Wildman–Crippen LogP) is 12.3. The van der Waals surface area contributed by atoms with Crippen LogP contribution in [0.2, 0.25) is 0 Å². The normalized spacial score (nSPS) is 13.2. The van der Waals surface area contributed by atoms with Crippen LogP contribution in [0.25, 0.3) is 0 Å². The van der Waals surface area contributed by atoms with Gasteiger partial charge in [0.1, 0.15) is 34.5 Å². The van der Waals surface area contributed by atoms with Gasteiger partial charge in [-0.1, -0.05) is 145 Å². The summed E-state index contributed by atoms with van der Waals surface area (Å²) >= 11 is 0. The second kappa shape index (κ2) is 24.4. The molecule has 0 spiro atoms. The van der Waals surface area contributed by atoms with E-state index in [1.54, 1.807) is 0 Å². The molecule has 82 heavy (non-hydrogen) atoms. The van der Waals surface area contributed by atoms with Crippen LogP contribution in [0.3, 0.4) is 0 Å². The van der Waals surface area contributed by atoms with Gasteiger partial charge in [-0.15, -0.1) is 0 Å². The van der Waals surface area contributed by atoms with Gasteiger partial charge >= 0.3 is 0 Å². The number of phenols is 2. The summed E-state index contributed by atoms with van der Waals surface area (Å²) in [4.78, 5) is 27.5. The van der Waals surface area contributed by atoms with E-state index in [9.17, 15) is 36.6 Å². The fourth-order valence-electron chi connectivity index (χ4n) is 9.77. The highest BCUT2D eigenvalue weighted by Crippen LogP contribution is 2.45. The van der Waals surface area contributed by atoms with Crippen molar-refractivity contribution in [3.63, 3.8) is 0 Å². The van der Waals surface area contributed by atoms with Crippen molar-refractivity contribution in [1.29, 1.82) is 0 Å². The minimum absolute atomic E-state index is 0.124. The van der Waals surface area contributed by atoms with Crippen LogP contribution in [0.5, 0.6) is 34.5 Å². The number of fused-ring (bicyclic) bond motifs is 8. The SMILES string of the molecule is CCCOc1c2cc(C(C)(C)C)cc1Cc1cc(C(C)(C)C)cc(c1OCC(=O)NS(=O)(=O)c1ccc(O)cc1)Cc1cc(C(C)(C)C)cc(c1OCCC)Cc1cc(C(C)(C)C)cc(c1OCC(=O)NS(=O)(=O)c1ccc(O)cc1)C2. The van der Waals surface area contributed by atoms with E-state index in [4.69, 9.17) is 18.9 Å². The number of sulfonamides is 2. The van der Waals surface area contributed by atoms with Crippen LogP contribution in [-0.4, -0.2) is 65.3 Å². The zero-order valence-electron chi connectivity index (χ0n) is 50.1. The Hall–Kier alpha value is -7.04. The average Bonchev–Trinajstić information content (AvgIpc) is 3.56. The number of amides is 2. The van der Waals surface area contributed by atoms with E-state index in [1.165, 1.54) is 48.5 Å². The highest BCUT2D eigenvalue weighted by Gasteiger charge is 2.31. The van der Waals surface area contributed by atoms with E-state index in [2.05, 4.69) is 141 Å². The fraction of sp³-hybridized carbons (Fsp3) is 0.424. The van der Waals surface area contributed by atoms with Crippen LogP contribution < -0.4 is 28.4 Å². The molecule has 8 bridgehead atoms. The number of hydrogen-bond acceptors (Lipinski definition) is 12. The van der Waals surface area contributed by atoms with Gasteiger partial charge in [-0.3, -0.25) is 9.59 Å². The van der Waals surface area contributed by atoms with Crippen molar-refractivity contribution in [2.24, 2.45) is 0 Å². The van der Waals surface area contributed by atoms with Gasteiger partial charge < -0.3 is 29.2 Å². The van der Waals surface area contributed by atoms with Crippen LogP contribution in [0.15, 0.2) is 107 Å². The lowest BCUT2D eigenvalue weighted by atomic mass is 9.79. The third-order valence-electron chi connectivity index (χ3n) is 14.3. The minimum Gasteiger partial charge on any atom is -0.508 e. The molecule has 4 N–H and O–H groups in total. The van der Waals surface area contributed by atoms with Gasteiger partial charge in [-0.25, -0.2) is 26.3 Å². The smallest absolute Gasteiger partial charge is 0.271 e. The maximum Gasteiger partial charge on any atom is 0.271 e. The molecule has 7 rings (SSSR count). The Morgan fingerprint density at radius 3 is 0.829 bits per heavy atom. The zero-order chi connectivity index (χ0) is 60.3. The van der Waals surface area contributed by atoms with Crippen molar-refractivity contribution in [1.82, 2.24) is 9.44 Å². The van der Waals surface area contributed by atoms with E-state index in [1.807, 2.05) is 13.8 Å². The van der Waals surface area contributed by atoms with Gasteiger partial charge in [0.05, 0.1) is 23.0 Å². The largest absolute Gasteiger partial charge is 0.508 e. The van der Waals surface area contributed by atoms with E-state index >= 15 is 0 Å². The first-order valence-electron chi connectivity index (χ1n) is 28.0. The van der Waals surface area contributed by atoms with Crippen molar-refractivity contribution in [3.05, 3.63) is 164 Å². The standard InChI is InChI=1S/C66H82N2O12S2/c1-15-25-77-59-41-27-45-35-51(65(9,10)11)37-47(61(45)79-39-57(71)67-81(73,74)55-21-17-53(69)18-22-55)29-43-33-50(64(6,7)8)34-44(60(43)78-26-16-2)30-48-38-52(66(12,13)14)36-46(28-42(59)32-49(31-41)63(3,4)5)62(48)80-40-58(72)68-82(75,76)56-23-19-54(70)20-24-56/h17-24,31-38,69-70H,15-16,25-30,39-40H2,1-14H3,(H,67,71)(H,68,72). The van der Waals surface area contributed by atoms with Gasteiger partial charge in [0.25, 0.3) is 31.9 Å². The monoisotopic (exact) mass is 1160 g/mol. The Kier molecular flexibility index (Phi) is 18.6. The number of carbonyl (C=O) groups is 2. The molecule has 0 aliphatic heterocycles. The summed E-state index contributed by atoms with van der Waals surface area (Å²) in [6.45, 7) is 29.2. The first-order chi connectivity index (χ1) is 38.2. The predicted molar refractivity (Wildman–Crippen MR) is 321 cm³/mol. The van der Waals surface area contributed by atoms with Crippen LogP contribution >= 0.6 is 0 Å². The summed E-state index contributed by atoms with van der Waals surface area (Å²) in [5.74, 6) is 0.0423. The van der Waals surface area contributed by atoms with Gasteiger partial charge in [-0.2, -0.15) is 0 Å². The first-order valence-corrected chi connectivity index (χ1v) is 31.0. The number of nitrogens with one attached hydrogen (secondary N) is 2. The Labute approximate surface area is 486 Å². The molecule has 0 saturated heterocycles. The summed E-state index contributed by atoms with van der Waals surface area (Å²) in [6, 6.07) is 26.8. The topological polar surface area (TPSA) is 204 Å². The lowest BCUT2D eigenvalue weighted by Crippen LogP contribution is -2.34. The molecule has 440 valence electrons. The summed E-state index contributed by atoms with van der Waals surface area (Å²) in [7, 11) is -8.70. The van der Waals surface area contributed by atoms with Crippen LogP contribution in [-0.2, 0) is 77.0 Å². The maximum absolute atomic E-state index is 13.9. The van der Waals surface area contributed by atoms with Gasteiger partial charge in [0, 0.05) is 25.7 Å². The number of carbonyl (C=O) groups excluding carboxylic acids is 2. The summed E-state index contributed by atoms with van der Waals surface area (Å²) in [6.07, 6.45) is 2.42. The van der Waals surface area contributed by atoms with Gasteiger partial charge in [0.15, 0.2) is 13.2 Å². The third kappa shape index (κ3) is 15.3. The number of hydrogen-bond donors (Lipinski definition) is 4. The summed E-state index contributed by atoms with van der Waals surface area (Å²) in [5, 5.41) is 19.7. The van der Waals surface area contributed by atoms with Crippen molar-refractivity contribution in [2.75, 3.05) is 26.4 Å². The van der Waals surface area contributed by atoms with Crippen LogP contribution in [0, 0.1) is 0 Å². The van der Waals surface area contributed by atoms with E-state index in [-0.39, 0.29) is 68.6 Å². The Balaban J connectivity index is 1.53. The molecule has 14 nitrogen and oxygen atoms in total. The van der Waals surface area contributed by atoms with Gasteiger partial charge in [0.2, 0.25) is 0 Å². The number of ether oxygens (including phenoxy) is 4. The Morgan fingerprint density at radius 1 is 0.402 bits per heavy atom. The lowest BCUT2D eigenvalue weighted by molar-refractivity contribution is -0.122. The molecule has 0 fully saturated rings. The molecule has 6 aromatic carbocycles. The molecular weight excluding hydrogens is 1080 g/mol. The average molecular weight is 1160 g/mol. The summed E-state index contributed by atoms with van der Waals surface area (Å²) in [5.41, 5.74) is 8.78. The van der Waals surface area contributed by atoms with E-state index in [0.29, 0.717) is 49.1 Å². The highest BCUT2D eigenvalue weighted by molar-refractivity contribution is 7.90. The molecule has 16 heteroatoms. The minimum atomic E-state index is -4.35. The van der Waals surface area contributed by atoms with Crippen molar-refractivity contribution >= 4 is 31.9 Å². The lowest BCUT2D eigenvalue weighted by Gasteiger charge is -2.29. The third-order valence-corrected chi connectivity index (χ3v) is 17.1. The number of phenolic OH excluding ortho intramolecular Hbond substituents is 2. The molecule has 0 heterocycles. The first kappa shape index (κ1) is 62.6. The molecule has 0 saturated carbocycles. The molecule has 2 amide bonds. The number of rotatable bonds is 16. The molecule has 1 aliphatic rings. The fourth-order valence-corrected chi connectivity index (χ4v) is 11.7. The molecule has 0 aromatic heterocycles. The molecule has 0 radical (unpaired) electrons. The van der Waals surface area contributed by atoms with Crippen molar-refractivity contribution in [2.45, 2.75) is 167 Å². The maximum atomic E-state index is 13.9. The second-order valence-electron chi connectivity index (χ2n) is 25.5. The molecule has 1 aliphatic carbocycles. The molecule has 6 aromatic rings. The summed E-state index contributed by atoms with van der Waals surface area (Å²) < 4.78 is 85.7. The number of benzene rings is 6. The van der Waals surface area contributed by atoms with Crippen molar-refractivity contribution < 1.29 is 55.6 Å². The van der Waals surface area contributed by atoms with Crippen LogP contribution in [0.4, 0.5) is 0 Å². The van der Waals surface area contributed by atoms with E-state index in [0.717, 1.165) is 66.8 Å². The Bertz CT molecular complexity index is 3230. The van der Waals surface area contributed by atoms with Gasteiger partial charge in [-0.05, 0) is 150 Å². The number of aromatic hydroxyl groups is 2. The Morgan fingerprint density at radius 2 is 0.622 bits per heavy atom. The van der Waals surface area contributed by atoms with Crippen molar-refractivity contribution in [3.8, 4) is 34.5 Å². The quantitative estimate of drug-likeness (QED) is 0.0714. The molecule has 0 atom stereocenters. The molecule has 0 unspecified atom stereocenters. The highest BCUT2D eigenvalue weighted by atomic mass is 32.2. The second-order valence-corrected chi connectivity index (χ2v) is 28.9.